The molecule has 1 aliphatic rings. The predicted octanol–water partition coefficient (Wildman–Crippen LogP) is 2.15. The Bertz CT molecular complexity index is 461. The summed E-state index contributed by atoms with van der Waals surface area (Å²) in [6, 6.07) is 6.52. The number of aryl methyl sites for hydroxylation is 1. The van der Waals surface area contributed by atoms with Gasteiger partial charge in [0, 0.05) is 10.2 Å². The number of quaternary nitrogens is 1. The smallest absolute Gasteiger partial charge is 0.279 e. The van der Waals surface area contributed by atoms with Gasteiger partial charge in [-0.25, -0.2) is 0 Å². The lowest BCUT2D eigenvalue weighted by molar-refractivity contribution is -0.920. The zero-order valence-electron chi connectivity index (χ0n) is 11.6. The molecule has 0 saturated carbocycles. The monoisotopic (exact) mass is 325 g/mol. The van der Waals surface area contributed by atoms with Gasteiger partial charge in [0.2, 0.25) is 0 Å². The van der Waals surface area contributed by atoms with Crippen LogP contribution in [0.15, 0.2) is 22.7 Å². The van der Waals surface area contributed by atoms with Crippen LogP contribution in [0.1, 0.15) is 31.7 Å². The summed E-state index contributed by atoms with van der Waals surface area (Å²) in [6.45, 7) is 5.97. The molecule has 1 saturated heterocycles. The van der Waals surface area contributed by atoms with E-state index >= 15 is 0 Å². The largest absolute Gasteiger partial charge is 0.325 e. The molecule has 0 aliphatic carbocycles. The summed E-state index contributed by atoms with van der Waals surface area (Å²) >= 11 is 3.49. The van der Waals surface area contributed by atoms with Crippen molar-refractivity contribution in [2.45, 2.75) is 39.2 Å². The fourth-order valence-electron chi connectivity index (χ4n) is 2.60. The minimum absolute atomic E-state index is 0.111. The number of likely N-dealkylation sites (tertiary alicyclic amines) is 1. The molecule has 4 heteroatoms. The third-order valence-corrected chi connectivity index (χ3v) is 4.78. The fourth-order valence-corrected chi connectivity index (χ4v) is 2.98. The molecule has 104 valence electrons. The second-order valence-electron chi connectivity index (χ2n) is 5.49. The molecular formula is C15H22BrN2O+. The van der Waals surface area contributed by atoms with Crippen LogP contribution in [0.5, 0.6) is 0 Å². The van der Waals surface area contributed by atoms with Crippen molar-refractivity contribution in [3.05, 3.63) is 28.2 Å². The number of hydrogen-bond acceptors (Lipinski definition) is 1. The number of amides is 1. The van der Waals surface area contributed by atoms with Gasteiger partial charge in [0.05, 0.1) is 12.6 Å². The Morgan fingerprint density at radius 1 is 1.47 bits per heavy atom. The number of rotatable bonds is 3. The summed E-state index contributed by atoms with van der Waals surface area (Å²) in [5.41, 5.74) is 2.04. The second-order valence-corrected chi connectivity index (χ2v) is 6.35. The van der Waals surface area contributed by atoms with Crippen LogP contribution in [-0.4, -0.2) is 25.0 Å². The Kier molecular flexibility index (Phi) is 4.99. The standard InChI is InChI=1S/C15H21BrN2O/c1-11-6-7-13(9-14(11)16)17-15(19)10-18-8-4-3-5-12(18)2/h6-7,9,12H,3-5,8,10H2,1-2H3,(H,17,19)/p+1/t12-/m0/s1. The van der Waals surface area contributed by atoms with E-state index in [0.29, 0.717) is 12.6 Å². The van der Waals surface area contributed by atoms with E-state index in [9.17, 15) is 4.79 Å². The van der Waals surface area contributed by atoms with Gasteiger partial charge >= 0.3 is 0 Å². The Balaban J connectivity index is 1.91. The molecule has 1 heterocycles. The van der Waals surface area contributed by atoms with E-state index in [1.165, 1.54) is 29.7 Å². The predicted molar refractivity (Wildman–Crippen MR) is 81.5 cm³/mol. The molecule has 1 aromatic carbocycles. The van der Waals surface area contributed by atoms with Crippen molar-refractivity contribution in [3.8, 4) is 0 Å². The first-order chi connectivity index (χ1) is 9.06. The molecule has 0 spiro atoms. The van der Waals surface area contributed by atoms with E-state index in [4.69, 9.17) is 0 Å². The van der Waals surface area contributed by atoms with Crippen LogP contribution in [0.3, 0.4) is 0 Å². The lowest BCUT2D eigenvalue weighted by Gasteiger charge is -2.29. The molecule has 2 N–H and O–H groups in total. The zero-order valence-corrected chi connectivity index (χ0v) is 13.2. The quantitative estimate of drug-likeness (QED) is 0.877. The van der Waals surface area contributed by atoms with Gasteiger partial charge in [-0.2, -0.15) is 0 Å². The van der Waals surface area contributed by atoms with Crippen LogP contribution >= 0.6 is 15.9 Å². The maximum atomic E-state index is 12.1. The first kappa shape index (κ1) is 14.5. The number of piperidine rings is 1. The molecule has 19 heavy (non-hydrogen) atoms. The van der Waals surface area contributed by atoms with Crippen molar-refractivity contribution < 1.29 is 9.69 Å². The second kappa shape index (κ2) is 6.53. The number of halogens is 1. The van der Waals surface area contributed by atoms with Crippen LogP contribution in [0.2, 0.25) is 0 Å². The average molecular weight is 326 g/mol. The summed E-state index contributed by atoms with van der Waals surface area (Å²) < 4.78 is 1.03. The Morgan fingerprint density at radius 3 is 2.95 bits per heavy atom. The van der Waals surface area contributed by atoms with Crippen LogP contribution in [0, 0.1) is 6.92 Å². The van der Waals surface area contributed by atoms with Crippen molar-refractivity contribution in [1.29, 1.82) is 0 Å². The summed E-state index contributed by atoms with van der Waals surface area (Å²) in [7, 11) is 0. The van der Waals surface area contributed by atoms with Gasteiger partial charge in [-0.3, -0.25) is 4.79 Å². The van der Waals surface area contributed by atoms with Crippen molar-refractivity contribution in [3.63, 3.8) is 0 Å². The number of nitrogens with one attached hydrogen (secondary N) is 2. The highest BCUT2D eigenvalue weighted by Crippen LogP contribution is 2.20. The van der Waals surface area contributed by atoms with Gasteiger partial charge in [0.25, 0.3) is 5.91 Å². The minimum Gasteiger partial charge on any atom is -0.325 e. The SMILES string of the molecule is Cc1ccc(NC(=O)C[NH+]2CCCC[C@@H]2C)cc1Br. The first-order valence-electron chi connectivity index (χ1n) is 6.97. The van der Waals surface area contributed by atoms with E-state index in [-0.39, 0.29) is 5.91 Å². The van der Waals surface area contributed by atoms with Crippen LogP contribution < -0.4 is 10.2 Å². The molecule has 1 aromatic rings. The van der Waals surface area contributed by atoms with Gasteiger partial charge < -0.3 is 10.2 Å². The molecule has 2 atom stereocenters. The van der Waals surface area contributed by atoms with Crippen molar-refractivity contribution in [1.82, 2.24) is 0 Å². The van der Waals surface area contributed by atoms with Crippen LogP contribution in [0.25, 0.3) is 0 Å². The zero-order chi connectivity index (χ0) is 13.8. The molecule has 1 aliphatic heterocycles. The highest BCUT2D eigenvalue weighted by Gasteiger charge is 2.24. The van der Waals surface area contributed by atoms with Gasteiger partial charge in [0.15, 0.2) is 6.54 Å². The fraction of sp³-hybridized carbons (Fsp3) is 0.533. The molecule has 2 rings (SSSR count). The lowest BCUT2D eigenvalue weighted by atomic mass is 10.0. The summed E-state index contributed by atoms with van der Waals surface area (Å²) in [5, 5.41) is 2.99. The number of hydrogen-bond donors (Lipinski definition) is 2. The normalized spacial score (nSPS) is 23.1. The molecule has 0 aromatic heterocycles. The molecule has 1 fully saturated rings. The van der Waals surface area contributed by atoms with E-state index in [2.05, 4.69) is 28.2 Å². The third kappa shape index (κ3) is 4.05. The molecule has 0 radical (unpaired) electrons. The van der Waals surface area contributed by atoms with Gasteiger partial charge in [-0.15, -0.1) is 0 Å². The summed E-state index contributed by atoms with van der Waals surface area (Å²) in [5.74, 6) is 0.111. The van der Waals surface area contributed by atoms with Crippen LogP contribution in [0.4, 0.5) is 5.69 Å². The van der Waals surface area contributed by atoms with Gasteiger partial charge in [-0.05, 0) is 50.8 Å². The molecule has 1 unspecified atom stereocenters. The maximum absolute atomic E-state index is 12.1. The minimum atomic E-state index is 0.111. The van der Waals surface area contributed by atoms with E-state index < -0.39 is 0 Å². The molecule has 0 bridgehead atoms. The molecule has 3 nitrogen and oxygen atoms in total. The van der Waals surface area contributed by atoms with Crippen molar-refractivity contribution in [2.75, 3.05) is 18.4 Å². The highest BCUT2D eigenvalue weighted by atomic mass is 79.9. The van der Waals surface area contributed by atoms with Crippen molar-refractivity contribution >= 4 is 27.5 Å². The van der Waals surface area contributed by atoms with Crippen LogP contribution in [-0.2, 0) is 4.79 Å². The lowest BCUT2D eigenvalue weighted by Crippen LogP contribution is -3.17. The number of carbonyl (C=O) groups excluding carboxylic acids is 1. The molecular weight excluding hydrogens is 304 g/mol. The average Bonchev–Trinajstić information content (AvgIpc) is 2.37. The first-order valence-corrected chi connectivity index (χ1v) is 7.76. The van der Waals surface area contributed by atoms with E-state index in [1.54, 1.807) is 0 Å². The number of benzene rings is 1. The topological polar surface area (TPSA) is 33.5 Å². The molecule has 1 amide bonds. The van der Waals surface area contributed by atoms with E-state index in [0.717, 1.165) is 16.7 Å². The van der Waals surface area contributed by atoms with E-state index in [1.807, 2.05) is 25.1 Å². The third-order valence-electron chi connectivity index (χ3n) is 3.93. The maximum Gasteiger partial charge on any atom is 0.279 e. The Hall–Kier alpha value is -0.870. The summed E-state index contributed by atoms with van der Waals surface area (Å²) in [6.07, 6.45) is 3.78. The van der Waals surface area contributed by atoms with Gasteiger partial charge in [-0.1, -0.05) is 22.0 Å². The number of anilines is 1. The Morgan fingerprint density at radius 2 is 2.26 bits per heavy atom. The number of carbonyl (C=O) groups is 1. The van der Waals surface area contributed by atoms with Gasteiger partial charge in [0.1, 0.15) is 0 Å². The Labute approximate surface area is 123 Å². The highest BCUT2D eigenvalue weighted by molar-refractivity contribution is 9.10. The summed E-state index contributed by atoms with van der Waals surface area (Å²) in [4.78, 5) is 13.5. The van der Waals surface area contributed by atoms with Crippen molar-refractivity contribution in [2.24, 2.45) is 0 Å².